The average molecular weight is 332 g/mol. The molecule has 2 saturated carbocycles. The molecule has 0 amide bonds. The molecule has 122 valence electrons. The van der Waals surface area contributed by atoms with Gasteiger partial charge in [0.2, 0.25) is 0 Å². The van der Waals surface area contributed by atoms with Crippen LogP contribution < -0.4 is 4.74 Å². The zero-order valence-electron chi connectivity index (χ0n) is 13.6. The van der Waals surface area contributed by atoms with E-state index in [-0.39, 0.29) is 11.9 Å². The fraction of sp³-hybridized carbons (Fsp3) is 0.556. The van der Waals surface area contributed by atoms with Crippen LogP contribution in [-0.2, 0) is 0 Å². The van der Waals surface area contributed by atoms with Crippen molar-refractivity contribution in [3.63, 3.8) is 0 Å². The number of hydrogen-bond donors (Lipinski definition) is 1. The molecule has 2 aliphatic rings. The fourth-order valence-electron chi connectivity index (χ4n) is 3.95. The number of ether oxygens (including phenoxy) is 1. The highest BCUT2D eigenvalue weighted by molar-refractivity contribution is 6.30. The predicted octanol–water partition coefficient (Wildman–Crippen LogP) is 4.45. The monoisotopic (exact) mass is 331 g/mol. The molecule has 3 atom stereocenters. The Labute approximate surface area is 142 Å². The van der Waals surface area contributed by atoms with E-state index in [4.69, 9.17) is 21.7 Å². The van der Waals surface area contributed by atoms with Crippen LogP contribution in [0.3, 0.4) is 0 Å². The number of nitriles is 1. The summed E-state index contributed by atoms with van der Waals surface area (Å²) in [5.74, 6) is 2.16. The van der Waals surface area contributed by atoms with Crippen molar-refractivity contribution in [2.75, 3.05) is 0 Å². The summed E-state index contributed by atoms with van der Waals surface area (Å²) in [4.78, 5) is 1.58. The molecule has 2 bridgehead atoms. The molecule has 0 saturated heterocycles. The first-order valence-electron chi connectivity index (χ1n) is 8.13. The van der Waals surface area contributed by atoms with Crippen molar-refractivity contribution in [2.45, 2.75) is 51.2 Å². The number of benzene rings is 1. The van der Waals surface area contributed by atoms with Crippen LogP contribution in [-0.4, -0.2) is 22.4 Å². The number of halogens is 1. The Morgan fingerprint density at radius 1 is 1.30 bits per heavy atom. The second-order valence-corrected chi connectivity index (χ2v) is 7.56. The van der Waals surface area contributed by atoms with Crippen molar-refractivity contribution >= 4 is 17.4 Å². The van der Waals surface area contributed by atoms with Gasteiger partial charge in [-0.2, -0.15) is 5.26 Å². The van der Waals surface area contributed by atoms with Crippen molar-refractivity contribution in [3.8, 4) is 11.9 Å². The van der Waals surface area contributed by atoms with E-state index in [1.165, 1.54) is 19.3 Å². The highest BCUT2D eigenvalue weighted by Gasteiger charge is 2.45. The van der Waals surface area contributed by atoms with Crippen molar-refractivity contribution < 1.29 is 4.74 Å². The molecule has 0 radical (unpaired) electrons. The lowest BCUT2D eigenvalue weighted by Gasteiger charge is -2.36. The molecule has 0 spiro atoms. The standard InChI is InChI=1S/C18H22ClN3O/c1-18(2,23-15-7-5-14(19)6-8-15)17(21)22(11-20)16-10-12-3-4-13(16)9-12/h5-8,12-13,16,21H,3-4,9-10H2,1-2H3/t12-,13+,16+/m1/s1. The molecule has 0 unspecified atom stereocenters. The molecule has 0 aromatic heterocycles. The smallest absolute Gasteiger partial charge is 0.185 e. The third-order valence-electron chi connectivity index (χ3n) is 5.14. The van der Waals surface area contributed by atoms with Gasteiger partial charge in [-0.05, 0) is 69.2 Å². The van der Waals surface area contributed by atoms with E-state index in [2.05, 4.69) is 6.19 Å². The number of amidine groups is 1. The second kappa shape index (κ2) is 6.05. The molecule has 1 aromatic carbocycles. The van der Waals surface area contributed by atoms with E-state index < -0.39 is 5.60 Å². The van der Waals surface area contributed by atoms with Gasteiger partial charge in [0.05, 0.1) is 0 Å². The zero-order valence-corrected chi connectivity index (χ0v) is 14.3. The minimum absolute atomic E-state index is 0.166. The minimum atomic E-state index is -0.870. The molecule has 2 aliphatic carbocycles. The first-order chi connectivity index (χ1) is 10.9. The second-order valence-electron chi connectivity index (χ2n) is 7.13. The van der Waals surface area contributed by atoms with Crippen LogP contribution in [0.4, 0.5) is 0 Å². The van der Waals surface area contributed by atoms with Gasteiger partial charge in [-0.3, -0.25) is 10.3 Å². The van der Waals surface area contributed by atoms with Crippen LogP contribution >= 0.6 is 11.6 Å². The molecular weight excluding hydrogens is 310 g/mol. The average Bonchev–Trinajstić information content (AvgIpc) is 3.13. The summed E-state index contributed by atoms with van der Waals surface area (Å²) in [7, 11) is 0. The molecule has 23 heavy (non-hydrogen) atoms. The lowest BCUT2D eigenvalue weighted by Crippen LogP contribution is -2.51. The molecule has 1 N–H and O–H groups in total. The summed E-state index contributed by atoms with van der Waals surface area (Å²) in [6.07, 6.45) is 6.92. The van der Waals surface area contributed by atoms with E-state index in [1.807, 2.05) is 13.8 Å². The third-order valence-corrected chi connectivity index (χ3v) is 5.39. The normalized spacial score (nSPS) is 25.9. The number of hydrogen-bond acceptors (Lipinski definition) is 3. The Kier molecular flexibility index (Phi) is 4.25. The maximum Gasteiger partial charge on any atom is 0.185 e. The van der Waals surface area contributed by atoms with Crippen LogP contribution in [0.15, 0.2) is 24.3 Å². The lowest BCUT2D eigenvalue weighted by atomic mass is 9.93. The first kappa shape index (κ1) is 16.1. The van der Waals surface area contributed by atoms with Crippen molar-refractivity contribution in [1.82, 2.24) is 4.90 Å². The van der Waals surface area contributed by atoms with Gasteiger partial charge in [0.1, 0.15) is 5.75 Å². The summed E-state index contributed by atoms with van der Waals surface area (Å²) in [5.41, 5.74) is -0.870. The highest BCUT2D eigenvalue weighted by Crippen LogP contribution is 2.47. The van der Waals surface area contributed by atoms with Gasteiger partial charge in [-0.25, -0.2) is 0 Å². The topological polar surface area (TPSA) is 60.1 Å². The maximum atomic E-state index is 9.61. The van der Waals surface area contributed by atoms with Gasteiger partial charge >= 0.3 is 0 Å². The van der Waals surface area contributed by atoms with Gasteiger partial charge in [0.25, 0.3) is 0 Å². The van der Waals surface area contributed by atoms with Gasteiger partial charge < -0.3 is 4.74 Å². The van der Waals surface area contributed by atoms with E-state index >= 15 is 0 Å². The molecule has 0 aliphatic heterocycles. The first-order valence-corrected chi connectivity index (χ1v) is 8.51. The van der Waals surface area contributed by atoms with Crippen LogP contribution in [0.5, 0.6) is 5.75 Å². The summed E-state index contributed by atoms with van der Waals surface area (Å²) < 4.78 is 5.97. The van der Waals surface area contributed by atoms with Gasteiger partial charge in [-0.1, -0.05) is 18.0 Å². The lowest BCUT2D eigenvalue weighted by molar-refractivity contribution is 0.155. The minimum Gasteiger partial charge on any atom is -0.480 e. The summed E-state index contributed by atoms with van der Waals surface area (Å²) in [6.45, 7) is 3.67. The summed E-state index contributed by atoms with van der Waals surface area (Å²) in [6, 6.07) is 7.25. The summed E-state index contributed by atoms with van der Waals surface area (Å²) in [5, 5.41) is 18.8. The Morgan fingerprint density at radius 2 is 2.00 bits per heavy atom. The van der Waals surface area contributed by atoms with Crippen LogP contribution in [0.2, 0.25) is 5.02 Å². The molecule has 1 aromatic rings. The highest BCUT2D eigenvalue weighted by atomic mass is 35.5. The van der Waals surface area contributed by atoms with E-state index in [9.17, 15) is 5.26 Å². The van der Waals surface area contributed by atoms with E-state index in [1.54, 1.807) is 29.2 Å². The van der Waals surface area contributed by atoms with E-state index in [0.717, 1.165) is 12.3 Å². The van der Waals surface area contributed by atoms with Gasteiger partial charge in [0.15, 0.2) is 17.6 Å². The Bertz CT molecular complexity index is 635. The quantitative estimate of drug-likeness (QED) is 0.384. The van der Waals surface area contributed by atoms with Crippen molar-refractivity contribution in [2.24, 2.45) is 11.8 Å². The fourth-order valence-corrected chi connectivity index (χ4v) is 4.08. The van der Waals surface area contributed by atoms with Crippen molar-refractivity contribution in [3.05, 3.63) is 29.3 Å². The number of nitrogens with one attached hydrogen (secondary N) is 1. The number of rotatable bonds is 4. The third kappa shape index (κ3) is 3.16. The predicted molar refractivity (Wildman–Crippen MR) is 90.6 cm³/mol. The largest absolute Gasteiger partial charge is 0.480 e. The Hall–Kier alpha value is -1.73. The van der Waals surface area contributed by atoms with Crippen LogP contribution in [0.1, 0.15) is 39.5 Å². The molecule has 0 heterocycles. The van der Waals surface area contributed by atoms with Gasteiger partial charge in [-0.15, -0.1) is 0 Å². The Morgan fingerprint density at radius 3 is 2.52 bits per heavy atom. The van der Waals surface area contributed by atoms with Crippen LogP contribution in [0.25, 0.3) is 0 Å². The van der Waals surface area contributed by atoms with Gasteiger partial charge in [0, 0.05) is 11.1 Å². The number of fused-ring (bicyclic) bond motifs is 2. The van der Waals surface area contributed by atoms with Crippen molar-refractivity contribution in [1.29, 1.82) is 10.7 Å². The molecule has 2 fully saturated rings. The molecule has 5 heteroatoms. The molecule has 3 rings (SSSR count). The summed E-state index contributed by atoms with van der Waals surface area (Å²) >= 11 is 5.89. The maximum absolute atomic E-state index is 9.61. The van der Waals surface area contributed by atoms with E-state index in [0.29, 0.717) is 16.7 Å². The zero-order chi connectivity index (χ0) is 16.6. The Balaban J connectivity index is 1.74. The number of nitrogens with zero attached hydrogens (tertiary/aromatic N) is 2. The molecular formula is C18H22ClN3O. The molecule has 4 nitrogen and oxygen atoms in total. The van der Waals surface area contributed by atoms with Crippen LogP contribution in [0, 0.1) is 28.7 Å². The SMILES string of the molecule is CC(C)(Oc1ccc(Cl)cc1)C(=N)N(C#N)[C@H]1C[C@@H]2CC[C@H]1C2.